The van der Waals surface area contributed by atoms with Crippen molar-refractivity contribution in [1.82, 2.24) is 0 Å². The van der Waals surface area contributed by atoms with E-state index in [-0.39, 0.29) is 64.7 Å². The van der Waals surface area contributed by atoms with Gasteiger partial charge in [-0.3, -0.25) is 4.79 Å². The molecule has 0 saturated carbocycles. The van der Waals surface area contributed by atoms with Crippen LogP contribution < -0.4 is 0 Å². The van der Waals surface area contributed by atoms with E-state index in [0.29, 0.717) is 0 Å². The van der Waals surface area contributed by atoms with Gasteiger partial charge in [0.05, 0.1) is 6.42 Å². The number of carbonyl (C=O) groups is 2. The Bertz CT molecular complexity index is 106. The van der Waals surface area contributed by atoms with Crippen molar-refractivity contribution in [2.45, 2.75) is 19.8 Å². The van der Waals surface area contributed by atoms with Gasteiger partial charge in [0.2, 0.25) is 0 Å². The van der Waals surface area contributed by atoms with Crippen LogP contribution >= 0.6 is 0 Å². The second kappa shape index (κ2) is 9.36. The van der Waals surface area contributed by atoms with Gasteiger partial charge in [-0.1, -0.05) is 0 Å². The van der Waals surface area contributed by atoms with Crippen LogP contribution in [0.5, 0.6) is 0 Å². The number of carboxylic acid groups (broad SMARTS) is 1. The fourth-order valence-corrected chi connectivity index (χ4v) is 0.283. The summed E-state index contributed by atoms with van der Waals surface area (Å²) in [6.45, 7) is 1.38. The minimum absolute atomic E-state index is 0. The molecule has 0 radical (unpaired) electrons. The van der Waals surface area contributed by atoms with Gasteiger partial charge in [0, 0.05) is 6.42 Å². The topological polar surface area (TPSA) is 85.9 Å². The van der Waals surface area contributed by atoms with Crippen molar-refractivity contribution >= 4 is 49.5 Å². The van der Waals surface area contributed by atoms with Crippen LogP contribution in [-0.2, 0) is 9.59 Å². The monoisotopic (exact) mass is 176 g/mol. The van der Waals surface area contributed by atoms with Crippen molar-refractivity contribution in [2.75, 3.05) is 0 Å². The summed E-state index contributed by atoms with van der Waals surface area (Å²) in [6, 6.07) is 0. The SMILES string of the molecule is CC(=O)CCC(=O)O.O.[Ca+2].[H-].[H-]. The summed E-state index contributed by atoms with van der Waals surface area (Å²) in [5, 5.41) is 8.01. The van der Waals surface area contributed by atoms with Gasteiger partial charge in [-0.25, -0.2) is 0 Å². The molecule has 0 rings (SSSR count). The Balaban J connectivity index is -0.0000000408. The fraction of sp³-hybridized carbons (Fsp3) is 0.600. The molecule has 4 nitrogen and oxygen atoms in total. The van der Waals surface area contributed by atoms with E-state index in [0.717, 1.165) is 0 Å². The zero-order chi connectivity index (χ0) is 6.57. The molecule has 0 heterocycles. The minimum atomic E-state index is -0.916. The molecule has 3 N–H and O–H groups in total. The third kappa shape index (κ3) is 15.8. The van der Waals surface area contributed by atoms with Gasteiger partial charge in [-0.15, -0.1) is 0 Å². The molecule has 0 amide bonds. The average molecular weight is 176 g/mol. The number of aliphatic carboxylic acids is 1. The molecule has 5 heteroatoms. The number of hydrogen-bond donors (Lipinski definition) is 1. The Hall–Kier alpha value is 0.360. The first-order valence-corrected chi connectivity index (χ1v) is 2.34. The Morgan fingerprint density at radius 1 is 1.40 bits per heavy atom. The maximum atomic E-state index is 10.1. The van der Waals surface area contributed by atoms with Gasteiger partial charge in [0.25, 0.3) is 0 Å². The third-order valence-corrected chi connectivity index (χ3v) is 0.691. The fourth-order valence-electron chi connectivity index (χ4n) is 0.283. The quantitative estimate of drug-likeness (QED) is 0.586. The van der Waals surface area contributed by atoms with Gasteiger partial charge < -0.3 is 18.2 Å². The molecule has 0 aliphatic rings. The van der Waals surface area contributed by atoms with Gasteiger partial charge >= 0.3 is 43.7 Å². The number of rotatable bonds is 3. The second-order valence-electron chi connectivity index (χ2n) is 1.60. The summed E-state index contributed by atoms with van der Waals surface area (Å²) in [4.78, 5) is 19.8. The molecule has 10 heavy (non-hydrogen) atoms. The zero-order valence-corrected chi connectivity index (χ0v) is 8.09. The largest absolute Gasteiger partial charge is 2.00 e. The molecule has 0 aromatic rings. The number of carboxylic acids is 1. The van der Waals surface area contributed by atoms with Crippen LogP contribution in [0, 0.1) is 0 Å². The van der Waals surface area contributed by atoms with Crippen molar-refractivity contribution in [3.8, 4) is 0 Å². The first kappa shape index (κ1) is 16.8. The minimum Gasteiger partial charge on any atom is -1.00 e. The van der Waals surface area contributed by atoms with Gasteiger partial charge in [0.1, 0.15) is 5.78 Å². The summed E-state index contributed by atoms with van der Waals surface area (Å²) in [5.74, 6) is -0.993. The molecule has 0 aliphatic carbocycles. The molecule has 0 spiro atoms. The molecule has 58 valence electrons. The molecule has 0 saturated heterocycles. The van der Waals surface area contributed by atoms with Crippen molar-refractivity contribution in [1.29, 1.82) is 0 Å². The van der Waals surface area contributed by atoms with Crippen molar-refractivity contribution in [3.63, 3.8) is 0 Å². The van der Waals surface area contributed by atoms with Crippen LogP contribution in [0.1, 0.15) is 22.6 Å². The van der Waals surface area contributed by atoms with Crippen LogP contribution in [0.15, 0.2) is 0 Å². The number of hydrogen-bond acceptors (Lipinski definition) is 2. The van der Waals surface area contributed by atoms with Crippen molar-refractivity contribution in [3.05, 3.63) is 0 Å². The van der Waals surface area contributed by atoms with Gasteiger partial charge in [-0.2, -0.15) is 0 Å². The number of ketones is 1. The first-order chi connectivity index (χ1) is 3.63. The van der Waals surface area contributed by atoms with Crippen LogP contribution in [0.3, 0.4) is 0 Å². The van der Waals surface area contributed by atoms with Gasteiger partial charge in [-0.05, 0) is 6.92 Å². The van der Waals surface area contributed by atoms with Crippen molar-refractivity contribution < 1.29 is 23.0 Å². The van der Waals surface area contributed by atoms with Gasteiger partial charge in [0.15, 0.2) is 0 Å². The molecular formula is C5H12CaO4. The van der Waals surface area contributed by atoms with Crippen LogP contribution in [0.2, 0.25) is 0 Å². The van der Waals surface area contributed by atoms with E-state index in [2.05, 4.69) is 0 Å². The summed E-state index contributed by atoms with van der Waals surface area (Å²) >= 11 is 0. The van der Waals surface area contributed by atoms with Crippen molar-refractivity contribution in [2.24, 2.45) is 0 Å². The molecule has 0 atom stereocenters. The van der Waals surface area contributed by atoms with E-state index in [4.69, 9.17) is 5.11 Å². The van der Waals surface area contributed by atoms with E-state index in [1.165, 1.54) is 6.92 Å². The van der Waals surface area contributed by atoms with E-state index in [1.807, 2.05) is 0 Å². The Morgan fingerprint density at radius 2 is 1.80 bits per heavy atom. The standard InChI is InChI=1S/C5H8O3.Ca.H2O.2H/c1-4(6)2-3-5(7)8;;;;/h2-3H2,1H3,(H,7,8);;1H2;;/q;+2;;2*-1. The van der Waals surface area contributed by atoms with E-state index < -0.39 is 5.97 Å². The molecular weight excluding hydrogens is 164 g/mol. The zero-order valence-electron chi connectivity index (χ0n) is 7.89. The Labute approximate surface area is 91.9 Å². The first-order valence-electron chi connectivity index (χ1n) is 2.34. The molecule has 0 bridgehead atoms. The predicted octanol–water partition coefficient (Wildman–Crippen LogP) is -0.540. The Kier molecular flexibility index (Phi) is 15.7. The summed E-state index contributed by atoms with van der Waals surface area (Å²) in [5.41, 5.74) is 0. The van der Waals surface area contributed by atoms with Crippen LogP contribution in [0.4, 0.5) is 0 Å². The number of carbonyl (C=O) groups excluding carboxylic acids is 1. The smallest absolute Gasteiger partial charge is 1.00 e. The predicted molar refractivity (Wildman–Crippen MR) is 39.1 cm³/mol. The molecule has 0 aromatic carbocycles. The maximum Gasteiger partial charge on any atom is 2.00 e. The second-order valence-corrected chi connectivity index (χ2v) is 1.60. The van der Waals surface area contributed by atoms with E-state index >= 15 is 0 Å². The summed E-state index contributed by atoms with van der Waals surface area (Å²) in [6.07, 6.45) is 0.102. The molecule has 0 aromatic heterocycles. The Morgan fingerprint density at radius 3 is 1.90 bits per heavy atom. The normalized spacial score (nSPS) is 6.90. The number of Topliss-reactive ketones (excluding diaryl/α,β-unsaturated/α-hetero) is 1. The molecule has 0 aliphatic heterocycles. The third-order valence-electron chi connectivity index (χ3n) is 0.691. The summed E-state index contributed by atoms with van der Waals surface area (Å²) in [7, 11) is 0. The average Bonchev–Trinajstić information content (AvgIpc) is 1.61. The summed E-state index contributed by atoms with van der Waals surface area (Å²) < 4.78 is 0. The molecule has 0 unspecified atom stereocenters. The van der Waals surface area contributed by atoms with E-state index in [1.54, 1.807) is 0 Å². The van der Waals surface area contributed by atoms with Crippen LogP contribution in [0.25, 0.3) is 0 Å². The van der Waals surface area contributed by atoms with Crippen LogP contribution in [-0.4, -0.2) is 60.1 Å². The maximum absolute atomic E-state index is 10.1. The van der Waals surface area contributed by atoms with E-state index in [9.17, 15) is 9.59 Å². The molecule has 0 fully saturated rings.